The minimum Gasteiger partial charge on any atom is -0.461 e. The number of rotatable bonds is 3. The molecule has 4 heteroatoms. The van der Waals surface area contributed by atoms with Gasteiger partial charge >= 0.3 is 0 Å². The zero-order chi connectivity index (χ0) is 10.8. The Kier molecular flexibility index (Phi) is 2.98. The van der Waals surface area contributed by atoms with Crippen LogP contribution in [0.15, 0.2) is 33.1 Å². The maximum atomic E-state index is 12.0. The van der Waals surface area contributed by atoms with Crippen LogP contribution in [0.1, 0.15) is 21.0 Å². The molecule has 0 fully saturated rings. The van der Waals surface area contributed by atoms with Crippen molar-refractivity contribution >= 4 is 28.9 Å². The molecule has 15 heavy (non-hydrogen) atoms. The van der Waals surface area contributed by atoms with E-state index >= 15 is 0 Å². The molecule has 0 radical (unpaired) electrons. The molecule has 78 valence electrons. The lowest BCUT2D eigenvalue weighted by atomic mass is 10.2. The summed E-state index contributed by atoms with van der Waals surface area (Å²) in [6.45, 7) is 2.00. The van der Waals surface area contributed by atoms with Crippen LogP contribution in [0.5, 0.6) is 0 Å². The van der Waals surface area contributed by atoms with Crippen LogP contribution in [-0.2, 0) is 0 Å². The fourth-order valence-electron chi connectivity index (χ4n) is 1.34. The average molecular weight is 238 g/mol. The van der Waals surface area contributed by atoms with E-state index in [0.29, 0.717) is 5.76 Å². The molecule has 0 aliphatic heterocycles. The van der Waals surface area contributed by atoms with Crippen molar-refractivity contribution < 1.29 is 9.21 Å². The molecule has 0 aliphatic rings. The van der Waals surface area contributed by atoms with Crippen molar-refractivity contribution in [2.75, 3.05) is 6.26 Å². The number of furan rings is 1. The molecule has 0 saturated heterocycles. The van der Waals surface area contributed by atoms with Crippen molar-refractivity contribution in [1.82, 2.24) is 0 Å². The predicted molar refractivity (Wildman–Crippen MR) is 63.0 cm³/mol. The smallest absolute Gasteiger partial charge is 0.230 e. The molecule has 0 atom stereocenters. The van der Waals surface area contributed by atoms with Crippen LogP contribution in [0, 0.1) is 6.92 Å². The van der Waals surface area contributed by atoms with Crippen LogP contribution in [0.4, 0.5) is 0 Å². The second-order valence-electron chi connectivity index (χ2n) is 3.07. The summed E-state index contributed by atoms with van der Waals surface area (Å²) in [5, 5.41) is 0. The number of carbonyl (C=O) groups is 1. The highest BCUT2D eigenvalue weighted by molar-refractivity contribution is 8.00. The van der Waals surface area contributed by atoms with E-state index in [1.54, 1.807) is 35.2 Å². The van der Waals surface area contributed by atoms with E-state index in [9.17, 15) is 4.79 Å². The van der Waals surface area contributed by atoms with Crippen molar-refractivity contribution in [2.24, 2.45) is 0 Å². The fourth-order valence-corrected chi connectivity index (χ4v) is 3.17. The van der Waals surface area contributed by atoms with Crippen LogP contribution in [0.25, 0.3) is 0 Å². The number of aryl methyl sites for hydroxylation is 1. The van der Waals surface area contributed by atoms with Crippen molar-refractivity contribution in [1.29, 1.82) is 0 Å². The fraction of sp³-hybridized carbons (Fsp3) is 0.182. The zero-order valence-electron chi connectivity index (χ0n) is 8.44. The van der Waals surface area contributed by atoms with E-state index in [0.717, 1.165) is 14.6 Å². The maximum absolute atomic E-state index is 12.0. The Morgan fingerprint density at radius 2 is 2.33 bits per heavy atom. The molecule has 2 aromatic heterocycles. The van der Waals surface area contributed by atoms with Gasteiger partial charge in [-0.15, -0.1) is 23.1 Å². The number of ketones is 1. The van der Waals surface area contributed by atoms with E-state index in [1.165, 1.54) is 6.26 Å². The first kappa shape index (κ1) is 10.5. The monoisotopic (exact) mass is 238 g/mol. The third kappa shape index (κ3) is 2.01. The summed E-state index contributed by atoms with van der Waals surface area (Å²) >= 11 is 3.24. The number of thiophene rings is 1. The molecule has 0 unspecified atom stereocenters. The van der Waals surface area contributed by atoms with Gasteiger partial charge in [0.05, 0.1) is 16.0 Å². The highest BCUT2D eigenvalue weighted by Crippen LogP contribution is 2.31. The second-order valence-corrected chi connectivity index (χ2v) is 5.40. The van der Waals surface area contributed by atoms with Crippen molar-refractivity contribution in [2.45, 2.75) is 11.1 Å². The lowest BCUT2D eigenvalue weighted by Gasteiger charge is -1.96. The Balaban J connectivity index is 2.41. The van der Waals surface area contributed by atoms with Crippen molar-refractivity contribution in [3.63, 3.8) is 0 Å². The highest BCUT2D eigenvalue weighted by Gasteiger charge is 2.17. The molecular formula is C11H10O2S2. The Morgan fingerprint density at radius 3 is 2.93 bits per heavy atom. The average Bonchev–Trinajstić information content (AvgIpc) is 2.84. The molecule has 2 heterocycles. The largest absolute Gasteiger partial charge is 0.461 e. The summed E-state index contributed by atoms with van der Waals surface area (Å²) in [6.07, 6.45) is 3.50. The summed E-state index contributed by atoms with van der Waals surface area (Å²) < 4.78 is 6.15. The molecule has 2 nitrogen and oxygen atoms in total. The van der Waals surface area contributed by atoms with Crippen LogP contribution in [-0.4, -0.2) is 12.0 Å². The molecule has 0 saturated carbocycles. The van der Waals surface area contributed by atoms with Gasteiger partial charge in [-0.3, -0.25) is 4.79 Å². The van der Waals surface area contributed by atoms with Gasteiger partial charge in [-0.25, -0.2) is 0 Å². The molecule has 0 aromatic carbocycles. The molecule has 0 bridgehead atoms. The van der Waals surface area contributed by atoms with Gasteiger partial charge in [-0.05, 0) is 31.4 Å². The summed E-state index contributed by atoms with van der Waals surface area (Å²) in [7, 11) is 0. The van der Waals surface area contributed by atoms with E-state index < -0.39 is 0 Å². The first-order valence-electron chi connectivity index (χ1n) is 4.45. The minimum absolute atomic E-state index is 0.0336. The summed E-state index contributed by atoms with van der Waals surface area (Å²) in [5.41, 5.74) is 0.750. The van der Waals surface area contributed by atoms with Crippen molar-refractivity contribution in [3.05, 3.63) is 40.7 Å². The van der Waals surface area contributed by atoms with Crippen LogP contribution in [0.3, 0.4) is 0 Å². The van der Waals surface area contributed by atoms with E-state index in [2.05, 4.69) is 0 Å². The normalized spacial score (nSPS) is 10.5. The SMILES string of the molecule is CSc1sc(C)cc1C(=O)c1ccco1. The standard InChI is InChI=1S/C11H10O2S2/c1-7-6-8(11(14-2)15-7)10(12)9-4-3-5-13-9/h3-6H,1-2H3. The van der Waals surface area contributed by atoms with Crippen LogP contribution in [0.2, 0.25) is 0 Å². The lowest BCUT2D eigenvalue weighted by molar-refractivity contribution is 0.101. The van der Waals surface area contributed by atoms with Gasteiger partial charge in [0.15, 0.2) is 5.76 Å². The molecule has 2 aromatic rings. The quantitative estimate of drug-likeness (QED) is 0.604. The highest BCUT2D eigenvalue weighted by atomic mass is 32.2. The Morgan fingerprint density at radius 1 is 1.53 bits per heavy atom. The minimum atomic E-state index is -0.0336. The summed E-state index contributed by atoms with van der Waals surface area (Å²) in [5.74, 6) is 0.372. The number of hydrogen-bond acceptors (Lipinski definition) is 4. The molecule has 0 spiro atoms. The van der Waals surface area contributed by atoms with Gasteiger partial charge in [0, 0.05) is 4.88 Å². The summed E-state index contributed by atoms with van der Waals surface area (Å²) in [6, 6.07) is 5.34. The molecular weight excluding hydrogens is 228 g/mol. The second kappa shape index (κ2) is 4.24. The number of hydrogen-bond donors (Lipinski definition) is 0. The molecule has 0 amide bonds. The Hall–Kier alpha value is -1.00. The number of carbonyl (C=O) groups excluding carboxylic acids is 1. The third-order valence-corrected chi connectivity index (χ3v) is 4.18. The molecule has 0 aliphatic carbocycles. The zero-order valence-corrected chi connectivity index (χ0v) is 10.1. The predicted octanol–water partition coefficient (Wildman–Crippen LogP) is 3.60. The van der Waals surface area contributed by atoms with Gasteiger partial charge in [0.2, 0.25) is 5.78 Å². The Labute approximate surface area is 96.3 Å². The van der Waals surface area contributed by atoms with Crippen molar-refractivity contribution in [3.8, 4) is 0 Å². The van der Waals surface area contributed by atoms with Gasteiger partial charge in [-0.2, -0.15) is 0 Å². The van der Waals surface area contributed by atoms with E-state index in [4.69, 9.17) is 4.42 Å². The van der Waals surface area contributed by atoms with Crippen LogP contribution < -0.4 is 0 Å². The van der Waals surface area contributed by atoms with Crippen LogP contribution >= 0.6 is 23.1 Å². The van der Waals surface area contributed by atoms with Gasteiger partial charge in [-0.1, -0.05) is 0 Å². The number of thioether (sulfide) groups is 1. The van der Waals surface area contributed by atoms with Gasteiger partial charge in [0.1, 0.15) is 0 Å². The van der Waals surface area contributed by atoms with E-state index in [-0.39, 0.29) is 5.78 Å². The lowest BCUT2D eigenvalue weighted by Crippen LogP contribution is -1.98. The molecule has 0 N–H and O–H groups in total. The van der Waals surface area contributed by atoms with Gasteiger partial charge < -0.3 is 4.42 Å². The maximum Gasteiger partial charge on any atom is 0.230 e. The van der Waals surface area contributed by atoms with E-state index in [1.807, 2.05) is 19.2 Å². The van der Waals surface area contributed by atoms with Gasteiger partial charge in [0.25, 0.3) is 0 Å². The Bertz CT molecular complexity index is 469. The third-order valence-electron chi connectivity index (χ3n) is 2.00. The molecule has 2 rings (SSSR count). The first-order chi connectivity index (χ1) is 7.22. The first-order valence-corrected chi connectivity index (χ1v) is 6.49. The topological polar surface area (TPSA) is 30.2 Å². The summed E-state index contributed by atoms with van der Waals surface area (Å²) in [4.78, 5) is 13.1.